The maximum absolute atomic E-state index is 11.2. The van der Waals surface area contributed by atoms with E-state index in [1.165, 1.54) is 6.92 Å². The number of benzene rings is 1. The van der Waals surface area contributed by atoms with Crippen molar-refractivity contribution in [3.63, 3.8) is 0 Å². The van der Waals surface area contributed by atoms with Gasteiger partial charge >= 0.3 is 0 Å². The van der Waals surface area contributed by atoms with Gasteiger partial charge in [-0.3, -0.25) is 4.79 Å². The van der Waals surface area contributed by atoms with Crippen LogP contribution in [0.2, 0.25) is 0 Å². The zero-order chi connectivity index (χ0) is 20.9. The van der Waals surface area contributed by atoms with E-state index in [1.54, 1.807) is 0 Å². The van der Waals surface area contributed by atoms with Gasteiger partial charge in [-0.15, -0.1) is 0 Å². The lowest BCUT2D eigenvalue weighted by molar-refractivity contribution is -0.119. The first-order valence-electron chi connectivity index (χ1n) is 10.6. The molecule has 2 atom stereocenters. The molecule has 1 amide bonds. The number of rotatable bonds is 7. The number of nitrogens with zero attached hydrogens (tertiary/aromatic N) is 2. The fourth-order valence-corrected chi connectivity index (χ4v) is 3.99. The molecular formula is C24H29N3O3. The molecule has 6 nitrogen and oxygen atoms in total. The molecular weight excluding hydrogens is 378 g/mol. The first-order valence-corrected chi connectivity index (χ1v) is 10.6. The minimum atomic E-state index is -0.0292. The molecule has 0 unspecified atom stereocenters. The molecule has 0 saturated carbocycles. The molecule has 1 aliphatic carbocycles. The highest BCUT2D eigenvalue weighted by Crippen LogP contribution is 2.27. The van der Waals surface area contributed by atoms with E-state index in [1.807, 2.05) is 49.5 Å². The molecule has 6 heteroatoms. The first-order chi connectivity index (χ1) is 14.6. The van der Waals surface area contributed by atoms with E-state index >= 15 is 0 Å². The van der Waals surface area contributed by atoms with Crippen LogP contribution in [-0.4, -0.2) is 36.2 Å². The summed E-state index contributed by atoms with van der Waals surface area (Å²) in [6, 6.07) is 12.0. The van der Waals surface area contributed by atoms with Crippen molar-refractivity contribution in [1.82, 2.24) is 10.3 Å². The monoisotopic (exact) mass is 407 g/mol. The average molecular weight is 408 g/mol. The standard InChI is InChI=1S/C24H29N3O3/c1-17(26-18(2)28)19-7-9-22(10-8-19)29-23-12-14-27(16-23)20-11-13-25-24(15-20)30-21-5-3-4-6-21/h3-4,7-11,13,15,17,21,23H,5-6,12,14,16H2,1-2H3,(H,26,28)/t17-,23+/m0/s1. The van der Waals surface area contributed by atoms with Crippen LogP contribution in [-0.2, 0) is 4.79 Å². The molecule has 30 heavy (non-hydrogen) atoms. The van der Waals surface area contributed by atoms with Crippen molar-refractivity contribution in [3.8, 4) is 11.6 Å². The lowest BCUT2D eigenvalue weighted by atomic mass is 10.1. The van der Waals surface area contributed by atoms with Crippen LogP contribution in [0.3, 0.4) is 0 Å². The van der Waals surface area contributed by atoms with Gasteiger partial charge in [0.1, 0.15) is 18.0 Å². The number of nitrogens with one attached hydrogen (secondary N) is 1. The van der Waals surface area contributed by atoms with Gasteiger partial charge in [0.2, 0.25) is 11.8 Å². The van der Waals surface area contributed by atoms with Crippen molar-refractivity contribution in [2.24, 2.45) is 0 Å². The fraction of sp³-hybridized carbons (Fsp3) is 0.417. The summed E-state index contributed by atoms with van der Waals surface area (Å²) in [5, 5.41) is 2.90. The van der Waals surface area contributed by atoms with Gasteiger partial charge in [-0.1, -0.05) is 24.3 Å². The molecule has 4 rings (SSSR count). The van der Waals surface area contributed by atoms with Gasteiger partial charge in [-0.25, -0.2) is 4.98 Å². The van der Waals surface area contributed by atoms with Crippen molar-refractivity contribution in [2.75, 3.05) is 18.0 Å². The highest BCUT2D eigenvalue weighted by molar-refractivity contribution is 5.73. The molecule has 2 heterocycles. The summed E-state index contributed by atoms with van der Waals surface area (Å²) < 4.78 is 12.2. The van der Waals surface area contributed by atoms with Gasteiger partial charge < -0.3 is 19.7 Å². The van der Waals surface area contributed by atoms with Crippen LogP contribution in [0.1, 0.15) is 44.7 Å². The molecule has 1 fully saturated rings. The Balaban J connectivity index is 1.32. The Kier molecular flexibility index (Phi) is 6.21. The zero-order valence-corrected chi connectivity index (χ0v) is 17.6. The highest BCUT2D eigenvalue weighted by atomic mass is 16.5. The van der Waals surface area contributed by atoms with E-state index in [2.05, 4.69) is 27.4 Å². The number of pyridine rings is 1. The number of carbonyl (C=O) groups excluding carboxylic acids is 1. The molecule has 2 aliphatic rings. The first kappa shape index (κ1) is 20.3. The normalized spacial score (nSPS) is 19.7. The number of anilines is 1. The summed E-state index contributed by atoms with van der Waals surface area (Å²) in [7, 11) is 0. The van der Waals surface area contributed by atoms with Crippen LogP contribution in [0.5, 0.6) is 11.6 Å². The SMILES string of the molecule is CC(=O)N[C@@H](C)c1ccc(O[C@@H]2CCN(c3ccnc(OC4CC=CC4)c3)C2)cc1. The third kappa shape index (κ3) is 5.12. The third-order valence-electron chi connectivity index (χ3n) is 5.58. The molecule has 1 saturated heterocycles. The highest BCUT2D eigenvalue weighted by Gasteiger charge is 2.25. The van der Waals surface area contributed by atoms with Crippen molar-refractivity contribution in [1.29, 1.82) is 0 Å². The van der Waals surface area contributed by atoms with Gasteiger partial charge in [0, 0.05) is 50.7 Å². The Morgan fingerprint density at radius 2 is 1.90 bits per heavy atom. The van der Waals surface area contributed by atoms with Crippen molar-refractivity contribution in [3.05, 3.63) is 60.3 Å². The summed E-state index contributed by atoms with van der Waals surface area (Å²) in [5.74, 6) is 1.51. The molecule has 0 radical (unpaired) electrons. The summed E-state index contributed by atoms with van der Waals surface area (Å²) in [4.78, 5) is 17.9. The van der Waals surface area contributed by atoms with Crippen LogP contribution in [0.4, 0.5) is 5.69 Å². The second-order valence-electron chi connectivity index (χ2n) is 8.00. The van der Waals surface area contributed by atoms with E-state index in [-0.39, 0.29) is 24.2 Å². The van der Waals surface area contributed by atoms with Crippen molar-refractivity contribution >= 4 is 11.6 Å². The number of amides is 1. The predicted molar refractivity (Wildman–Crippen MR) is 117 cm³/mol. The van der Waals surface area contributed by atoms with Gasteiger partial charge in [0.15, 0.2) is 0 Å². The second kappa shape index (κ2) is 9.20. The van der Waals surface area contributed by atoms with E-state index in [0.29, 0.717) is 5.88 Å². The van der Waals surface area contributed by atoms with Gasteiger partial charge in [-0.05, 0) is 30.7 Å². The van der Waals surface area contributed by atoms with Gasteiger partial charge in [-0.2, -0.15) is 0 Å². The maximum atomic E-state index is 11.2. The average Bonchev–Trinajstić information content (AvgIpc) is 3.40. The van der Waals surface area contributed by atoms with Crippen LogP contribution >= 0.6 is 0 Å². The Bertz CT molecular complexity index is 889. The number of hydrogen-bond donors (Lipinski definition) is 1. The Hall–Kier alpha value is -3.02. The molecule has 1 aromatic heterocycles. The molecule has 158 valence electrons. The van der Waals surface area contributed by atoms with Crippen LogP contribution < -0.4 is 19.7 Å². The molecule has 2 aromatic rings. The minimum absolute atomic E-state index is 0.0124. The maximum Gasteiger partial charge on any atom is 0.217 e. The smallest absolute Gasteiger partial charge is 0.217 e. The van der Waals surface area contributed by atoms with Crippen molar-refractivity contribution < 1.29 is 14.3 Å². The summed E-state index contributed by atoms with van der Waals surface area (Å²) in [6.45, 7) is 5.28. The third-order valence-corrected chi connectivity index (χ3v) is 5.58. The van der Waals surface area contributed by atoms with E-state index < -0.39 is 0 Å². The minimum Gasteiger partial charge on any atom is -0.489 e. The quantitative estimate of drug-likeness (QED) is 0.702. The van der Waals surface area contributed by atoms with Crippen LogP contribution in [0.15, 0.2) is 54.7 Å². The number of hydrogen-bond acceptors (Lipinski definition) is 5. The molecule has 0 bridgehead atoms. The molecule has 1 aliphatic heterocycles. The van der Waals surface area contributed by atoms with Crippen molar-refractivity contribution in [2.45, 2.75) is 51.4 Å². The summed E-state index contributed by atoms with van der Waals surface area (Å²) in [5.41, 5.74) is 2.18. The summed E-state index contributed by atoms with van der Waals surface area (Å²) in [6.07, 6.45) is 9.35. The largest absolute Gasteiger partial charge is 0.489 e. The lowest BCUT2D eigenvalue weighted by Crippen LogP contribution is -2.25. The number of carbonyl (C=O) groups is 1. The Morgan fingerprint density at radius 3 is 2.63 bits per heavy atom. The Morgan fingerprint density at radius 1 is 1.13 bits per heavy atom. The topological polar surface area (TPSA) is 63.7 Å². The molecule has 1 N–H and O–H groups in total. The van der Waals surface area contributed by atoms with Crippen LogP contribution in [0, 0.1) is 0 Å². The number of aromatic nitrogens is 1. The fourth-order valence-electron chi connectivity index (χ4n) is 3.99. The second-order valence-corrected chi connectivity index (χ2v) is 8.00. The van der Waals surface area contributed by atoms with E-state index in [0.717, 1.165) is 49.4 Å². The molecule has 1 aromatic carbocycles. The van der Waals surface area contributed by atoms with Gasteiger partial charge in [0.25, 0.3) is 0 Å². The summed E-state index contributed by atoms with van der Waals surface area (Å²) >= 11 is 0. The predicted octanol–water partition coefficient (Wildman–Crippen LogP) is 4.03. The number of ether oxygens (including phenoxy) is 2. The lowest BCUT2D eigenvalue weighted by Gasteiger charge is -2.20. The zero-order valence-electron chi connectivity index (χ0n) is 17.6. The van der Waals surface area contributed by atoms with Gasteiger partial charge in [0.05, 0.1) is 12.6 Å². The van der Waals surface area contributed by atoms with Crippen LogP contribution in [0.25, 0.3) is 0 Å². The van der Waals surface area contributed by atoms with E-state index in [4.69, 9.17) is 9.47 Å². The Labute approximate surface area is 177 Å². The van der Waals surface area contributed by atoms with E-state index in [9.17, 15) is 4.79 Å². The molecule has 0 spiro atoms.